The number of hydrogen-bond donors (Lipinski definition) is 1. The first kappa shape index (κ1) is 15.2. The zero-order valence-electron chi connectivity index (χ0n) is 13.1. The van der Waals surface area contributed by atoms with Crippen molar-refractivity contribution < 1.29 is 13.5 Å². The molecule has 2 atom stereocenters. The largest absolute Gasteiger partial charge is 0.389 e. The molecule has 122 valence electrons. The molecule has 2 saturated heterocycles. The third kappa shape index (κ3) is 2.58. The average Bonchev–Trinajstić information content (AvgIpc) is 2.50. The second-order valence-corrected chi connectivity index (χ2v) is 9.72. The van der Waals surface area contributed by atoms with Crippen LogP contribution >= 0.6 is 0 Å². The van der Waals surface area contributed by atoms with Crippen molar-refractivity contribution in [2.75, 3.05) is 0 Å². The number of rotatable bonds is 2. The molecular weight excluding hydrogens is 308 g/mol. The van der Waals surface area contributed by atoms with E-state index in [1.54, 1.807) is 0 Å². The fourth-order valence-corrected chi connectivity index (χ4v) is 7.11. The molecule has 23 heavy (non-hydrogen) atoms. The maximum absolute atomic E-state index is 12.4. The highest BCUT2D eigenvalue weighted by atomic mass is 32.2. The van der Waals surface area contributed by atoms with Crippen LogP contribution in [-0.2, 0) is 16.3 Å². The molecule has 2 aromatic rings. The summed E-state index contributed by atoms with van der Waals surface area (Å²) in [6.45, 7) is 0. The summed E-state index contributed by atoms with van der Waals surface area (Å²) in [5.41, 5.74) is 0.216. The molecule has 2 bridgehead atoms. The summed E-state index contributed by atoms with van der Waals surface area (Å²) in [6, 6.07) is 14.3. The number of aliphatic hydroxyl groups is 1. The van der Waals surface area contributed by atoms with Gasteiger partial charge >= 0.3 is 0 Å². The summed E-state index contributed by atoms with van der Waals surface area (Å²) in [5, 5.41) is 12.8. The molecule has 3 nitrogen and oxygen atoms in total. The molecule has 0 aliphatic carbocycles. The van der Waals surface area contributed by atoms with E-state index in [-0.39, 0.29) is 10.5 Å². The predicted octanol–water partition coefficient (Wildman–Crippen LogP) is 3.24. The Labute approximate surface area is 137 Å². The van der Waals surface area contributed by atoms with Crippen molar-refractivity contribution in [2.45, 2.75) is 54.6 Å². The first-order valence-electron chi connectivity index (χ1n) is 8.40. The highest BCUT2D eigenvalue weighted by Gasteiger charge is 2.50. The minimum Gasteiger partial charge on any atom is -0.389 e. The lowest BCUT2D eigenvalue weighted by atomic mass is 9.80. The van der Waals surface area contributed by atoms with Gasteiger partial charge in [0.15, 0.2) is 9.84 Å². The van der Waals surface area contributed by atoms with Crippen molar-refractivity contribution in [1.29, 1.82) is 0 Å². The molecule has 0 saturated carbocycles. The molecule has 2 unspecified atom stereocenters. The number of fused-ring (bicyclic) bond motifs is 3. The van der Waals surface area contributed by atoms with Crippen LogP contribution in [0.3, 0.4) is 0 Å². The Morgan fingerprint density at radius 3 is 2.39 bits per heavy atom. The van der Waals surface area contributed by atoms with Crippen molar-refractivity contribution in [2.24, 2.45) is 0 Å². The predicted molar refractivity (Wildman–Crippen MR) is 92.2 cm³/mol. The summed E-state index contributed by atoms with van der Waals surface area (Å²) in [5.74, 6) is 0. The van der Waals surface area contributed by atoms with Gasteiger partial charge in [0.25, 0.3) is 0 Å². The molecule has 1 N–H and O–H groups in total. The quantitative estimate of drug-likeness (QED) is 0.920. The number of hydrogen-bond acceptors (Lipinski definition) is 3. The van der Waals surface area contributed by atoms with Gasteiger partial charge < -0.3 is 5.11 Å². The molecule has 2 fully saturated rings. The first-order valence-corrected chi connectivity index (χ1v) is 10.0. The second-order valence-electron chi connectivity index (χ2n) is 7.21. The Kier molecular flexibility index (Phi) is 3.50. The third-order valence-electron chi connectivity index (χ3n) is 5.60. The lowest BCUT2D eigenvalue weighted by Crippen LogP contribution is -2.52. The van der Waals surface area contributed by atoms with Gasteiger partial charge in [-0.15, -0.1) is 0 Å². The van der Waals surface area contributed by atoms with Crippen molar-refractivity contribution in [3.8, 4) is 0 Å². The van der Waals surface area contributed by atoms with Crippen molar-refractivity contribution in [3.63, 3.8) is 0 Å². The second kappa shape index (κ2) is 5.32. The summed E-state index contributed by atoms with van der Waals surface area (Å²) in [4.78, 5) is 0. The van der Waals surface area contributed by atoms with Crippen molar-refractivity contribution in [1.82, 2.24) is 0 Å². The van der Waals surface area contributed by atoms with Gasteiger partial charge in [-0.1, -0.05) is 48.9 Å². The lowest BCUT2D eigenvalue weighted by Gasteiger charge is -2.44. The van der Waals surface area contributed by atoms with Gasteiger partial charge in [-0.05, 0) is 42.0 Å². The Morgan fingerprint density at radius 1 is 1.00 bits per heavy atom. The number of benzene rings is 2. The van der Waals surface area contributed by atoms with Gasteiger partial charge in [0.1, 0.15) is 0 Å². The fraction of sp³-hybridized carbons (Fsp3) is 0.474. The lowest BCUT2D eigenvalue weighted by molar-refractivity contribution is 0.0102. The van der Waals surface area contributed by atoms with Crippen LogP contribution in [0.2, 0.25) is 0 Å². The van der Waals surface area contributed by atoms with Crippen LogP contribution in [0.5, 0.6) is 0 Å². The van der Waals surface area contributed by atoms with Crippen LogP contribution in [0, 0.1) is 0 Å². The van der Waals surface area contributed by atoms with E-state index < -0.39 is 15.4 Å². The molecule has 0 amide bonds. The van der Waals surface area contributed by atoms with E-state index in [0.717, 1.165) is 22.8 Å². The van der Waals surface area contributed by atoms with Crippen LogP contribution in [0.15, 0.2) is 42.5 Å². The van der Waals surface area contributed by atoms with E-state index in [0.29, 0.717) is 32.1 Å². The Hall–Kier alpha value is -1.39. The normalized spacial score (nSPS) is 32.7. The minimum atomic E-state index is -3.03. The maximum Gasteiger partial charge on any atom is 0.156 e. The Bertz CT molecular complexity index is 815. The van der Waals surface area contributed by atoms with E-state index in [9.17, 15) is 13.5 Å². The van der Waals surface area contributed by atoms with Crippen LogP contribution in [0.1, 0.15) is 37.7 Å². The van der Waals surface area contributed by atoms with E-state index in [1.807, 2.05) is 18.2 Å². The summed E-state index contributed by atoms with van der Waals surface area (Å²) >= 11 is 0. The standard InChI is InChI=1S/C19H22O3S/c20-19(12-16-8-4-9-17(13-19)23(16,21)22)11-15-7-3-6-14-5-1-2-10-18(14)15/h1-3,5-7,10,16-17,20H,4,8-9,11-13H2. The van der Waals surface area contributed by atoms with Gasteiger partial charge in [-0.25, -0.2) is 8.42 Å². The molecule has 0 aromatic heterocycles. The van der Waals surface area contributed by atoms with Crippen LogP contribution < -0.4 is 0 Å². The molecule has 4 heteroatoms. The van der Waals surface area contributed by atoms with Gasteiger partial charge in [0, 0.05) is 6.42 Å². The Balaban J connectivity index is 1.68. The van der Waals surface area contributed by atoms with E-state index in [4.69, 9.17) is 0 Å². The van der Waals surface area contributed by atoms with Crippen LogP contribution in [0.25, 0.3) is 10.8 Å². The van der Waals surface area contributed by atoms with Crippen molar-refractivity contribution >= 4 is 20.6 Å². The van der Waals surface area contributed by atoms with Gasteiger partial charge in [-0.3, -0.25) is 0 Å². The highest BCUT2D eigenvalue weighted by molar-refractivity contribution is 7.92. The molecule has 2 aliphatic heterocycles. The zero-order chi connectivity index (χ0) is 16.1. The van der Waals surface area contributed by atoms with Gasteiger partial charge in [0.05, 0.1) is 16.1 Å². The van der Waals surface area contributed by atoms with Crippen LogP contribution in [0.4, 0.5) is 0 Å². The topological polar surface area (TPSA) is 54.4 Å². The molecular formula is C19H22O3S. The van der Waals surface area contributed by atoms with E-state index in [2.05, 4.69) is 24.3 Å². The van der Waals surface area contributed by atoms with Gasteiger partial charge in [0.2, 0.25) is 0 Å². The SMILES string of the molecule is O=S1(=O)C2CCCC1CC(O)(Cc1cccc3ccccc13)C2. The van der Waals surface area contributed by atoms with Gasteiger partial charge in [-0.2, -0.15) is 0 Å². The van der Waals surface area contributed by atoms with E-state index >= 15 is 0 Å². The summed E-state index contributed by atoms with van der Waals surface area (Å²) in [7, 11) is -3.03. The Morgan fingerprint density at radius 2 is 1.65 bits per heavy atom. The third-order valence-corrected chi connectivity index (χ3v) is 8.26. The molecule has 0 radical (unpaired) electrons. The monoisotopic (exact) mass is 330 g/mol. The smallest absolute Gasteiger partial charge is 0.156 e. The fourth-order valence-electron chi connectivity index (χ4n) is 4.49. The van der Waals surface area contributed by atoms with Crippen LogP contribution in [-0.4, -0.2) is 29.6 Å². The molecule has 2 aliphatic rings. The molecule has 4 rings (SSSR count). The number of sulfone groups is 1. The highest BCUT2D eigenvalue weighted by Crippen LogP contribution is 2.43. The first-order chi connectivity index (χ1) is 11.0. The summed E-state index contributed by atoms with van der Waals surface area (Å²) < 4.78 is 24.9. The molecule has 2 heterocycles. The van der Waals surface area contributed by atoms with Crippen molar-refractivity contribution in [3.05, 3.63) is 48.0 Å². The van der Waals surface area contributed by atoms with E-state index in [1.165, 1.54) is 0 Å². The minimum absolute atomic E-state index is 0.352. The maximum atomic E-state index is 12.4. The summed E-state index contributed by atoms with van der Waals surface area (Å²) in [6.07, 6.45) is 3.69. The molecule has 0 spiro atoms. The molecule has 2 aromatic carbocycles. The zero-order valence-corrected chi connectivity index (χ0v) is 13.9. The average molecular weight is 330 g/mol.